The van der Waals surface area contributed by atoms with E-state index in [1.54, 1.807) is 0 Å². The molecule has 1 aromatic carbocycles. The van der Waals surface area contributed by atoms with Crippen molar-refractivity contribution in [3.05, 3.63) is 35.4 Å². The van der Waals surface area contributed by atoms with E-state index in [2.05, 4.69) is 50.4 Å². The van der Waals surface area contributed by atoms with Crippen LogP contribution in [-0.2, 0) is 11.2 Å². The highest BCUT2D eigenvalue weighted by Crippen LogP contribution is 2.14. The summed E-state index contributed by atoms with van der Waals surface area (Å²) in [4.78, 5) is 0. The van der Waals surface area contributed by atoms with Crippen LogP contribution >= 0.6 is 0 Å². The third kappa shape index (κ3) is 4.43. The molecule has 0 amide bonds. The summed E-state index contributed by atoms with van der Waals surface area (Å²) in [6.45, 7) is 7.62. The van der Waals surface area contributed by atoms with Crippen molar-refractivity contribution in [1.29, 1.82) is 0 Å². The second-order valence-corrected chi connectivity index (χ2v) is 4.87. The average molecular weight is 249 g/mol. The van der Waals surface area contributed by atoms with E-state index >= 15 is 0 Å². The van der Waals surface area contributed by atoms with Gasteiger partial charge in [-0.05, 0) is 43.9 Å². The van der Waals surface area contributed by atoms with Gasteiger partial charge in [-0.1, -0.05) is 38.1 Å². The average Bonchev–Trinajstić information content (AvgIpc) is 2.39. The monoisotopic (exact) mass is 249 g/mol. The Kier molecular flexibility index (Phi) is 6.99. The molecule has 102 valence electrons. The van der Waals surface area contributed by atoms with Crippen LogP contribution in [0.25, 0.3) is 0 Å². The Morgan fingerprint density at radius 3 is 2.50 bits per heavy atom. The lowest BCUT2D eigenvalue weighted by molar-refractivity contribution is 0.0653. The van der Waals surface area contributed by atoms with Crippen LogP contribution in [0.3, 0.4) is 0 Å². The van der Waals surface area contributed by atoms with E-state index in [0.717, 1.165) is 25.8 Å². The van der Waals surface area contributed by atoms with Gasteiger partial charge in [0.1, 0.15) is 0 Å². The maximum absolute atomic E-state index is 5.61. The van der Waals surface area contributed by atoms with Gasteiger partial charge in [0.2, 0.25) is 0 Å². The molecule has 0 heterocycles. The molecule has 0 bridgehead atoms. The minimum absolute atomic E-state index is 0.288. The molecule has 0 saturated heterocycles. The Balaban J connectivity index is 2.74. The fraction of sp³-hybridized carbons (Fsp3) is 0.625. The summed E-state index contributed by atoms with van der Waals surface area (Å²) in [5.74, 6) is 0. The summed E-state index contributed by atoms with van der Waals surface area (Å²) in [5.41, 5.74) is 2.79. The smallest absolute Gasteiger partial charge is 0.0724 e. The molecule has 1 rings (SSSR count). The lowest BCUT2D eigenvalue weighted by atomic mass is 9.96. The molecule has 0 radical (unpaired) electrons. The van der Waals surface area contributed by atoms with Gasteiger partial charge in [-0.2, -0.15) is 0 Å². The standard InChI is InChI=1S/C16H27NO/c1-5-11-17-15(16(6-2)18-4)12-14-10-8-7-9-13(14)3/h7-10,15-17H,5-6,11-12H2,1-4H3. The molecule has 1 N–H and O–H groups in total. The van der Waals surface area contributed by atoms with Gasteiger partial charge in [0, 0.05) is 13.2 Å². The molecule has 0 aliphatic rings. The van der Waals surface area contributed by atoms with Gasteiger partial charge in [-0.3, -0.25) is 0 Å². The minimum atomic E-state index is 0.288. The SMILES string of the molecule is CCCNC(Cc1ccccc1C)C(CC)OC. The first kappa shape index (κ1) is 15.2. The highest BCUT2D eigenvalue weighted by molar-refractivity contribution is 5.26. The zero-order valence-corrected chi connectivity index (χ0v) is 12.2. The Labute approximate surface area is 112 Å². The quantitative estimate of drug-likeness (QED) is 0.763. The minimum Gasteiger partial charge on any atom is -0.380 e. The summed E-state index contributed by atoms with van der Waals surface area (Å²) >= 11 is 0. The summed E-state index contributed by atoms with van der Waals surface area (Å²) in [5, 5.41) is 3.62. The van der Waals surface area contributed by atoms with Gasteiger partial charge >= 0.3 is 0 Å². The van der Waals surface area contributed by atoms with Crippen molar-refractivity contribution < 1.29 is 4.74 Å². The zero-order valence-electron chi connectivity index (χ0n) is 12.2. The van der Waals surface area contributed by atoms with Crippen LogP contribution in [-0.4, -0.2) is 25.8 Å². The number of hydrogen-bond donors (Lipinski definition) is 1. The van der Waals surface area contributed by atoms with Crippen LogP contribution in [0.15, 0.2) is 24.3 Å². The van der Waals surface area contributed by atoms with Gasteiger partial charge in [-0.25, -0.2) is 0 Å². The molecule has 18 heavy (non-hydrogen) atoms. The van der Waals surface area contributed by atoms with Gasteiger partial charge < -0.3 is 10.1 Å². The van der Waals surface area contributed by atoms with E-state index in [9.17, 15) is 0 Å². The molecular weight excluding hydrogens is 222 g/mol. The largest absolute Gasteiger partial charge is 0.380 e. The Morgan fingerprint density at radius 2 is 1.94 bits per heavy atom. The first-order chi connectivity index (χ1) is 8.72. The highest BCUT2D eigenvalue weighted by Gasteiger charge is 2.19. The van der Waals surface area contributed by atoms with Crippen molar-refractivity contribution in [3.8, 4) is 0 Å². The lowest BCUT2D eigenvalue weighted by Crippen LogP contribution is -2.42. The van der Waals surface area contributed by atoms with Crippen LogP contribution in [0.5, 0.6) is 0 Å². The topological polar surface area (TPSA) is 21.3 Å². The second-order valence-electron chi connectivity index (χ2n) is 4.87. The predicted molar refractivity (Wildman–Crippen MR) is 78.1 cm³/mol. The van der Waals surface area contributed by atoms with E-state index in [4.69, 9.17) is 4.74 Å². The molecule has 0 spiro atoms. The van der Waals surface area contributed by atoms with Crippen molar-refractivity contribution in [2.45, 2.75) is 52.2 Å². The normalized spacial score (nSPS) is 14.4. The van der Waals surface area contributed by atoms with Crippen LogP contribution in [0.1, 0.15) is 37.8 Å². The number of rotatable bonds is 8. The van der Waals surface area contributed by atoms with E-state index in [-0.39, 0.29) is 6.10 Å². The Hall–Kier alpha value is -0.860. The third-order valence-corrected chi connectivity index (χ3v) is 3.51. The van der Waals surface area contributed by atoms with Crippen LogP contribution in [0.2, 0.25) is 0 Å². The summed E-state index contributed by atoms with van der Waals surface area (Å²) in [7, 11) is 1.81. The summed E-state index contributed by atoms with van der Waals surface area (Å²) in [6, 6.07) is 9.02. The van der Waals surface area contributed by atoms with Crippen molar-refractivity contribution >= 4 is 0 Å². The van der Waals surface area contributed by atoms with E-state index in [0.29, 0.717) is 6.04 Å². The predicted octanol–water partition coefficient (Wildman–Crippen LogP) is 3.33. The van der Waals surface area contributed by atoms with Gasteiger partial charge in [0.25, 0.3) is 0 Å². The van der Waals surface area contributed by atoms with E-state index < -0.39 is 0 Å². The number of methoxy groups -OCH3 is 1. The maximum Gasteiger partial charge on any atom is 0.0724 e. The molecule has 0 fully saturated rings. The van der Waals surface area contributed by atoms with Crippen molar-refractivity contribution in [3.63, 3.8) is 0 Å². The number of hydrogen-bond acceptors (Lipinski definition) is 2. The lowest BCUT2D eigenvalue weighted by Gasteiger charge is -2.27. The first-order valence-electron chi connectivity index (χ1n) is 7.03. The van der Waals surface area contributed by atoms with E-state index in [1.807, 2.05) is 7.11 Å². The van der Waals surface area contributed by atoms with Crippen molar-refractivity contribution in [1.82, 2.24) is 5.32 Å². The molecule has 2 heteroatoms. The fourth-order valence-electron chi connectivity index (χ4n) is 2.36. The van der Waals surface area contributed by atoms with Crippen molar-refractivity contribution in [2.24, 2.45) is 0 Å². The van der Waals surface area contributed by atoms with Crippen LogP contribution < -0.4 is 5.32 Å². The Morgan fingerprint density at radius 1 is 1.22 bits per heavy atom. The second kappa shape index (κ2) is 8.28. The van der Waals surface area contributed by atoms with E-state index in [1.165, 1.54) is 11.1 Å². The molecule has 0 aliphatic carbocycles. The van der Waals surface area contributed by atoms with Gasteiger partial charge in [0.15, 0.2) is 0 Å². The van der Waals surface area contributed by atoms with Crippen LogP contribution in [0.4, 0.5) is 0 Å². The fourth-order valence-corrected chi connectivity index (χ4v) is 2.36. The molecule has 2 unspecified atom stereocenters. The number of ether oxygens (including phenoxy) is 1. The number of aryl methyl sites for hydroxylation is 1. The third-order valence-electron chi connectivity index (χ3n) is 3.51. The van der Waals surface area contributed by atoms with Crippen molar-refractivity contribution in [2.75, 3.05) is 13.7 Å². The molecule has 2 nitrogen and oxygen atoms in total. The maximum atomic E-state index is 5.61. The highest BCUT2D eigenvalue weighted by atomic mass is 16.5. The molecule has 2 atom stereocenters. The zero-order chi connectivity index (χ0) is 13.4. The molecule has 1 aromatic rings. The summed E-state index contributed by atoms with van der Waals surface area (Å²) in [6.07, 6.45) is 3.53. The molecule has 0 saturated carbocycles. The number of benzene rings is 1. The first-order valence-corrected chi connectivity index (χ1v) is 7.03. The molecular formula is C16H27NO. The van der Waals surface area contributed by atoms with Gasteiger partial charge in [0.05, 0.1) is 6.10 Å². The number of nitrogens with one attached hydrogen (secondary N) is 1. The van der Waals surface area contributed by atoms with Crippen LogP contribution in [0, 0.1) is 6.92 Å². The van der Waals surface area contributed by atoms with Gasteiger partial charge in [-0.15, -0.1) is 0 Å². The molecule has 0 aliphatic heterocycles. The molecule has 0 aromatic heterocycles. The Bertz CT molecular complexity index is 334. The summed E-state index contributed by atoms with van der Waals surface area (Å²) < 4.78 is 5.61.